The number of hydrogen-bond donors (Lipinski definition) is 1. The van der Waals surface area contributed by atoms with E-state index in [0.29, 0.717) is 27.5 Å². The van der Waals surface area contributed by atoms with Crippen LogP contribution < -0.4 is 5.32 Å². The van der Waals surface area contributed by atoms with Crippen molar-refractivity contribution in [3.63, 3.8) is 0 Å². The van der Waals surface area contributed by atoms with Gasteiger partial charge in [-0.25, -0.2) is 4.39 Å². The quantitative estimate of drug-likeness (QED) is 0.751. The predicted octanol–water partition coefficient (Wildman–Crippen LogP) is 4.79. The van der Waals surface area contributed by atoms with Gasteiger partial charge in [-0.05, 0) is 48.5 Å². The van der Waals surface area contributed by atoms with E-state index >= 15 is 0 Å². The number of aromatic nitrogens is 1. The molecule has 0 radical (unpaired) electrons. The summed E-state index contributed by atoms with van der Waals surface area (Å²) >= 11 is 5.80. The summed E-state index contributed by atoms with van der Waals surface area (Å²) in [6.45, 7) is 0. The van der Waals surface area contributed by atoms with Gasteiger partial charge in [0.2, 0.25) is 0 Å². The molecule has 0 saturated heterocycles. The van der Waals surface area contributed by atoms with E-state index in [0.717, 1.165) is 0 Å². The lowest BCUT2D eigenvalue weighted by molar-refractivity contribution is 0.102. The second-order valence-electron chi connectivity index (χ2n) is 4.90. The Morgan fingerprint density at radius 1 is 1.04 bits per heavy atom. The van der Waals surface area contributed by atoms with E-state index in [1.54, 1.807) is 48.5 Å². The van der Waals surface area contributed by atoms with Crippen molar-refractivity contribution < 1.29 is 9.18 Å². The molecule has 0 aliphatic rings. The minimum atomic E-state index is -0.325. The van der Waals surface area contributed by atoms with Crippen LogP contribution in [-0.4, -0.2) is 10.9 Å². The van der Waals surface area contributed by atoms with Gasteiger partial charge in [0.1, 0.15) is 5.82 Å². The molecule has 1 aromatic heterocycles. The average molecular weight is 327 g/mol. The summed E-state index contributed by atoms with van der Waals surface area (Å²) in [6.07, 6.45) is 1.46. The van der Waals surface area contributed by atoms with Crippen molar-refractivity contribution in [2.75, 3.05) is 5.32 Å². The number of hydrogen-bond acceptors (Lipinski definition) is 2. The lowest BCUT2D eigenvalue weighted by Gasteiger charge is -2.06. The van der Waals surface area contributed by atoms with Gasteiger partial charge in [0.15, 0.2) is 0 Å². The predicted molar refractivity (Wildman–Crippen MR) is 89.0 cm³/mol. The van der Waals surface area contributed by atoms with E-state index in [1.165, 1.54) is 18.3 Å². The average Bonchev–Trinajstić information content (AvgIpc) is 2.57. The molecule has 3 aromatic rings. The standard InChI is InChI=1S/C18H12ClFN2O/c19-14-5-7-16(8-6-14)22-18(23)13-4-9-17(21-11-13)12-2-1-3-15(20)10-12/h1-11H,(H,22,23). The van der Waals surface area contributed by atoms with Crippen LogP contribution in [0.4, 0.5) is 10.1 Å². The molecule has 3 nitrogen and oxygen atoms in total. The van der Waals surface area contributed by atoms with Crippen LogP contribution in [0.3, 0.4) is 0 Å². The molecular weight excluding hydrogens is 315 g/mol. The Labute approximate surface area is 137 Å². The molecule has 2 aromatic carbocycles. The van der Waals surface area contributed by atoms with Crippen LogP contribution in [-0.2, 0) is 0 Å². The van der Waals surface area contributed by atoms with Crippen LogP contribution in [0.2, 0.25) is 5.02 Å². The SMILES string of the molecule is O=C(Nc1ccc(Cl)cc1)c1ccc(-c2cccc(F)c2)nc1. The Morgan fingerprint density at radius 3 is 2.48 bits per heavy atom. The fraction of sp³-hybridized carbons (Fsp3) is 0. The van der Waals surface area contributed by atoms with Crippen molar-refractivity contribution in [1.29, 1.82) is 0 Å². The van der Waals surface area contributed by atoms with E-state index in [-0.39, 0.29) is 11.7 Å². The molecule has 5 heteroatoms. The Balaban J connectivity index is 1.76. The summed E-state index contributed by atoms with van der Waals surface area (Å²) in [4.78, 5) is 16.4. The molecule has 1 N–H and O–H groups in total. The first-order valence-electron chi connectivity index (χ1n) is 6.91. The highest BCUT2D eigenvalue weighted by Gasteiger charge is 2.08. The summed E-state index contributed by atoms with van der Waals surface area (Å²) in [7, 11) is 0. The Kier molecular flexibility index (Phi) is 4.35. The van der Waals surface area contributed by atoms with Gasteiger partial charge in [0.05, 0.1) is 11.3 Å². The molecular formula is C18H12ClFN2O. The topological polar surface area (TPSA) is 42.0 Å². The van der Waals surface area contributed by atoms with E-state index in [1.807, 2.05) is 0 Å². The molecule has 23 heavy (non-hydrogen) atoms. The van der Waals surface area contributed by atoms with E-state index in [2.05, 4.69) is 10.3 Å². The van der Waals surface area contributed by atoms with Crippen LogP contribution in [0, 0.1) is 5.82 Å². The van der Waals surface area contributed by atoms with Gasteiger partial charge in [-0.3, -0.25) is 9.78 Å². The maximum atomic E-state index is 13.2. The van der Waals surface area contributed by atoms with Crippen LogP contribution in [0.1, 0.15) is 10.4 Å². The first kappa shape index (κ1) is 15.2. The highest BCUT2D eigenvalue weighted by molar-refractivity contribution is 6.30. The van der Waals surface area contributed by atoms with Gasteiger partial charge < -0.3 is 5.32 Å². The number of carbonyl (C=O) groups is 1. The molecule has 3 rings (SSSR count). The first-order valence-corrected chi connectivity index (χ1v) is 7.28. The smallest absolute Gasteiger partial charge is 0.257 e. The fourth-order valence-electron chi connectivity index (χ4n) is 2.08. The van der Waals surface area contributed by atoms with Crippen LogP contribution in [0.25, 0.3) is 11.3 Å². The fourth-order valence-corrected chi connectivity index (χ4v) is 2.21. The van der Waals surface area contributed by atoms with Gasteiger partial charge in [-0.15, -0.1) is 0 Å². The minimum Gasteiger partial charge on any atom is -0.322 e. The number of amides is 1. The van der Waals surface area contributed by atoms with Crippen LogP contribution in [0.15, 0.2) is 66.9 Å². The summed E-state index contributed by atoms with van der Waals surface area (Å²) in [5.74, 6) is -0.598. The van der Waals surface area contributed by atoms with Crippen molar-refractivity contribution in [1.82, 2.24) is 4.98 Å². The zero-order chi connectivity index (χ0) is 16.2. The third kappa shape index (κ3) is 3.73. The van der Waals surface area contributed by atoms with E-state index in [9.17, 15) is 9.18 Å². The van der Waals surface area contributed by atoms with E-state index < -0.39 is 0 Å². The molecule has 1 heterocycles. The molecule has 0 aliphatic carbocycles. The second kappa shape index (κ2) is 6.58. The Morgan fingerprint density at radius 2 is 1.83 bits per heavy atom. The number of pyridine rings is 1. The largest absolute Gasteiger partial charge is 0.322 e. The lowest BCUT2D eigenvalue weighted by Crippen LogP contribution is -2.12. The number of nitrogens with zero attached hydrogens (tertiary/aromatic N) is 1. The Bertz CT molecular complexity index is 832. The summed E-state index contributed by atoms with van der Waals surface area (Å²) in [5, 5.41) is 3.36. The highest BCUT2D eigenvalue weighted by Crippen LogP contribution is 2.19. The molecule has 0 aliphatic heterocycles. The zero-order valence-electron chi connectivity index (χ0n) is 12.0. The number of anilines is 1. The maximum absolute atomic E-state index is 13.2. The second-order valence-corrected chi connectivity index (χ2v) is 5.34. The monoisotopic (exact) mass is 326 g/mol. The number of benzene rings is 2. The molecule has 0 spiro atoms. The number of halogens is 2. The van der Waals surface area contributed by atoms with Gasteiger partial charge in [-0.1, -0.05) is 23.7 Å². The number of carbonyl (C=O) groups excluding carboxylic acids is 1. The van der Waals surface area contributed by atoms with Crippen LogP contribution in [0.5, 0.6) is 0 Å². The maximum Gasteiger partial charge on any atom is 0.257 e. The Hall–Kier alpha value is -2.72. The third-order valence-corrected chi connectivity index (χ3v) is 3.50. The van der Waals surface area contributed by atoms with Crippen LogP contribution >= 0.6 is 11.6 Å². The highest BCUT2D eigenvalue weighted by atomic mass is 35.5. The van der Waals surface area contributed by atoms with Gasteiger partial charge in [0, 0.05) is 22.5 Å². The zero-order valence-corrected chi connectivity index (χ0v) is 12.7. The van der Waals surface area contributed by atoms with Crippen molar-refractivity contribution in [2.24, 2.45) is 0 Å². The van der Waals surface area contributed by atoms with Gasteiger partial charge in [-0.2, -0.15) is 0 Å². The first-order chi connectivity index (χ1) is 11.1. The summed E-state index contributed by atoms with van der Waals surface area (Å²) in [5.41, 5.74) is 2.33. The summed E-state index contributed by atoms with van der Waals surface area (Å²) < 4.78 is 13.2. The van der Waals surface area contributed by atoms with Gasteiger partial charge in [0.25, 0.3) is 5.91 Å². The molecule has 1 amide bonds. The van der Waals surface area contributed by atoms with Crippen molar-refractivity contribution in [3.05, 3.63) is 83.3 Å². The van der Waals surface area contributed by atoms with E-state index in [4.69, 9.17) is 11.6 Å². The molecule has 0 unspecified atom stereocenters. The normalized spacial score (nSPS) is 10.3. The third-order valence-electron chi connectivity index (χ3n) is 3.25. The lowest BCUT2D eigenvalue weighted by atomic mass is 10.1. The van der Waals surface area contributed by atoms with Crippen molar-refractivity contribution >= 4 is 23.2 Å². The molecule has 0 bridgehead atoms. The van der Waals surface area contributed by atoms with Gasteiger partial charge >= 0.3 is 0 Å². The summed E-state index contributed by atoms with van der Waals surface area (Å²) in [6, 6.07) is 16.3. The number of nitrogens with one attached hydrogen (secondary N) is 1. The van der Waals surface area contributed by atoms with Crippen molar-refractivity contribution in [3.8, 4) is 11.3 Å². The molecule has 0 saturated carbocycles. The molecule has 0 atom stereocenters. The molecule has 114 valence electrons. The minimum absolute atomic E-state index is 0.273. The van der Waals surface area contributed by atoms with Crippen molar-refractivity contribution in [2.45, 2.75) is 0 Å². The number of rotatable bonds is 3. The molecule has 0 fully saturated rings.